The van der Waals surface area contributed by atoms with E-state index in [0.717, 1.165) is 31.6 Å². The van der Waals surface area contributed by atoms with Gasteiger partial charge in [0.2, 0.25) is 0 Å². The van der Waals surface area contributed by atoms with Crippen molar-refractivity contribution in [2.45, 2.75) is 18.8 Å². The Hall–Kier alpha value is -2.16. The van der Waals surface area contributed by atoms with Crippen molar-refractivity contribution in [3.05, 3.63) is 46.7 Å². The summed E-state index contributed by atoms with van der Waals surface area (Å²) >= 11 is 6.14. The lowest BCUT2D eigenvalue weighted by Gasteiger charge is -2.22. The molecule has 1 saturated heterocycles. The maximum atomic E-state index is 8.93. The molecular formula is C16H15ClN4O. The topological polar surface area (TPSA) is 70.8 Å². The number of halogens is 1. The summed E-state index contributed by atoms with van der Waals surface area (Å²) in [6.45, 7) is 1.55. The van der Waals surface area contributed by atoms with Gasteiger partial charge in [-0.3, -0.25) is 0 Å². The summed E-state index contributed by atoms with van der Waals surface area (Å²) in [7, 11) is 0. The number of anilines is 2. The van der Waals surface area contributed by atoms with Crippen molar-refractivity contribution in [2.24, 2.45) is 0 Å². The van der Waals surface area contributed by atoms with E-state index >= 15 is 0 Å². The summed E-state index contributed by atoms with van der Waals surface area (Å²) in [6, 6.07) is 9.31. The van der Waals surface area contributed by atoms with E-state index in [9.17, 15) is 0 Å². The van der Waals surface area contributed by atoms with E-state index in [2.05, 4.69) is 21.4 Å². The Morgan fingerprint density at radius 3 is 2.82 bits per heavy atom. The van der Waals surface area contributed by atoms with Crippen molar-refractivity contribution in [3.63, 3.8) is 0 Å². The molecule has 2 aromatic rings. The van der Waals surface area contributed by atoms with E-state index in [1.54, 1.807) is 18.3 Å². The number of nitriles is 1. The molecule has 1 N–H and O–H groups in total. The number of nitrogens with zero attached hydrogens (tertiary/aromatic N) is 3. The van der Waals surface area contributed by atoms with E-state index < -0.39 is 0 Å². The first-order valence-electron chi connectivity index (χ1n) is 7.13. The molecule has 22 heavy (non-hydrogen) atoms. The molecule has 6 heteroatoms. The maximum absolute atomic E-state index is 8.93. The molecule has 5 nitrogen and oxygen atoms in total. The van der Waals surface area contributed by atoms with E-state index in [-0.39, 0.29) is 0 Å². The van der Waals surface area contributed by atoms with Gasteiger partial charge < -0.3 is 10.1 Å². The van der Waals surface area contributed by atoms with Gasteiger partial charge in [-0.1, -0.05) is 11.6 Å². The van der Waals surface area contributed by atoms with Crippen LogP contribution >= 0.6 is 11.6 Å². The Morgan fingerprint density at radius 2 is 2.05 bits per heavy atom. The molecule has 0 amide bonds. The van der Waals surface area contributed by atoms with E-state index in [0.29, 0.717) is 28.3 Å². The van der Waals surface area contributed by atoms with E-state index in [4.69, 9.17) is 21.6 Å². The largest absolute Gasteiger partial charge is 0.381 e. The Bertz CT molecular complexity index is 708. The van der Waals surface area contributed by atoms with Gasteiger partial charge in [0.05, 0.1) is 11.6 Å². The van der Waals surface area contributed by atoms with Crippen LogP contribution in [0.3, 0.4) is 0 Å². The van der Waals surface area contributed by atoms with Crippen molar-refractivity contribution in [1.29, 1.82) is 5.26 Å². The van der Waals surface area contributed by atoms with Gasteiger partial charge in [-0.05, 0) is 48.6 Å². The smallest absolute Gasteiger partial charge is 0.133 e. The molecule has 0 aromatic carbocycles. The van der Waals surface area contributed by atoms with Crippen LogP contribution in [-0.2, 0) is 4.74 Å². The maximum Gasteiger partial charge on any atom is 0.133 e. The predicted octanol–water partition coefficient (Wildman–Crippen LogP) is 3.64. The second-order valence-electron chi connectivity index (χ2n) is 5.16. The van der Waals surface area contributed by atoms with E-state index in [1.807, 2.05) is 12.1 Å². The Balaban J connectivity index is 1.84. The molecule has 0 unspecified atom stereocenters. The lowest BCUT2D eigenvalue weighted by atomic mass is 9.92. The fraction of sp³-hybridized carbons (Fsp3) is 0.312. The second-order valence-corrected chi connectivity index (χ2v) is 5.55. The molecule has 0 radical (unpaired) electrons. The van der Waals surface area contributed by atoms with Crippen LogP contribution in [0.4, 0.5) is 11.6 Å². The van der Waals surface area contributed by atoms with Gasteiger partial charge in [0.1, 0.15) is 16.8 Å². The van der Waals surface area contributed by atoms with Crippen LogP contribution in [0.25, 0.3) is 0 Å². The molecule has 0 bridgehead atoms. The fourth-order valence-electron chi connectivity index (χ4n) is 2.55. The average Bonchev–Trinajstić information content (AvgIpc) is 2.55. The van der Waals surface area contributed by atoms with Crippen LogP contribution in [0.1, 0.15) is 29.9 Å². The molecule has 0 aliphatic carbocycles. The highest BCUT2D eigenvalue weighted by Crippen LogP contribution is 2.30. The fourth-order valence-corrected chi connectivity index (χ4v) is 2.76. The highest BCUT2D eigenvalue weighted by molar-refractivity contribution is 6.29. The normalized spacial score (nSPS) is 15.3. The highest BCUT2D eigenvalue weighted by atomic mass is 35.5. The molecule has 0 spiro atoms. The van der Waals surface area contributed by atoms with Gasteiger partial charge in [0.25, 0.3) is 0 Å². The molecule has 1 fully saturated rings. The van der Waals surface area contributed by atoms with Crippen molar-refractivity contribution in [2.75, 3.05) is 18.5 Å². The SMILES string of the molecule is N#Cc1ccnc(Nc2cc(C3CCOCC3)cc(Cl)n2)c1. The summed E-state index contributed by atoms with van der Waals surface area (Å²) in [5.74, 6) is 1.65. The van der Waals surface area contributed by atoms with Gasteiger partial charge in [-0.15, -0.1) is 0 Å². The molecule has 3 rings (SSSR count). The monoisotopic (exact) mass is 314 g/mol. The third-order valence-corrected chi connectivity index (χ3v) is 3.85. The lowest BCUT2D eigenvalue weighted by molar-refractivity contribution is 0.0853. The third-order valence-electron chi connectivity index (χ3n) is 3.65. The Kier molecular flexibility index (Phi) is 4.52. The first kappa shape index (κ1) is 14.8. The third kappa shape index (κ3) is 3.53. The molecule has 3 heterocycles. The summed E-state index contributed by atoms with van der Waals surface area (Å²) in [5.41, 5.74) is 1.70. The quantitative estimate of drug-likeness (QED) is 0.876. The molecule has 112 valence electrons. The number of hydrogen-bond acceptors (Lipinski definition) is 5. The predicted molar refractivity (Wildman–Crippen MR) is 84.3 cm³/mol. The average molecular weight is 315 g/mol. The minimum atomic E-state index is 0.438. The minimum absolute atomic E-state index is 0.438. The molecule has 0 atom stereocenters. The number of ether oxygens (including phenoxy) is 1. The summed E-state index contributed by atoms with van der Waals surface area (Å²) in [6.07, 6.45) is 3.56. The zero-order chi connectivity index (χ0) is 15.4. The van der Waals surface area contributed by atoms with Gasteiger partial charge in [0.15, 0.2) is 0 Å². The van der Waals surface area contributed by atoms with Crippen molar-refractivity contribution in [1.82, 2.24) is 9.97 Å². The summed E-state index contributed by atoms with van der Waals surface area (Å²) in [4.78, 5) is 8.47. The summed E-state index contributed by atoms with van der Waals surface area (Å²) < 4.78 is 5.40. The Morgan fingerprint density at radius 1 is 1.23 bits per heavy atom. The van der Waals surface area contributed by atoms with Crippen LogP contribution in [0.15, 0.2) is 30.5 Å². The molecule has 0 saturated carbocycles. The minimum Gasteiger partial charge on any atom is -0.381 e. The van der Waals surface area contributed by atoms with Crippen LogP contribution in [-0.4, -0.2) is 23.2 Å². The first-order chi connectivity index (χ1) is 10.7. The van der Waals surface area contributed by atoms with Crippen LogP contribution < -0.4 is 5.32 Å². The molecule has 2 aromatic heterocycles. The van der Waals surface area contributed by atoms with Crippen molar-refractivity contribution in [3.8, 4) is 6.07 Å². The Labute approximate surface area is 133 Å². The van der Waals surface area contributed by atoms with Crippen LogP contribution in [0.5, 0.6) is 0 Å². The number of nitrogens with one attached hydrogen (secondary N) is 1. The number of rotatable bonds is 3. The number of hydrogen-bond donors (Lipinski definition) is 1. The zero-order valence-corrected chi connectivity index (χ0v) is 12.7. The van der Waals surface area contributed by atoms with Crippen LogP contribution in [0, 0.1) is 11.3 Å². The van der Waals surface area contributed by atoms with Crippen molar-refractivity contribution < 1.29 is 4.74 Å². The van der Waals surface area contributed by atoms with Crippen molar-refractivity contribution >= 4 is 23.2 Å². The lowest BCUT2D eigenvalue weighted by Crippen LogP contribution is -2.14. The van der Waals surface area contributed by atoms with Gasteiger partial charge in [-0.2, -0.15) is 5.26 Å². The molecule has 1 aliphatic rings. The van der Waals surface area contributed by atoms with Crippen LogP contribution in [0.2, 0.25) is 5.15 Å². The van der Waals surface area contributed by atoms with E-state index in [1.165, 1.54) is 0 Å². The van der Waals surface area contributed by atoms with Gasteiger partial charge >= 0.3 is 0 Å². The number of pyridine rings is 2. The summed E-state index contributed by atoms with van der Waals surface area (Å²) in [5, 5.41) is 12.5. The first-order valence-corrected chi connectivity index (χ1v) is 7.51. The molecular weight excluding hydrogens is 300 g/mol. The highest BCUT2D eigenvalue weighted by Gasteiger charge is 2.17. The molecule has 1 aliphatic heterocycles. The van der Waals surface area contributed by atoms with Gasteiger partial charge in [-0.25, -0.2) is 9.97 Å². The second kappa shape index (κ2) is 6.73. The van der Waals surface area contributed by atoms with Gasteiger partial charge in [0, 0.05) is 19.4 Å². The zero-order valence-electron chi connectivity index (χ0n) is 11.9. The number of aromatic nitrogens is 2. The standard InChI is InChI=1S/C16H15ClN4O/c17-14-8-13(12-2-5-22-6-3-12)9-16(20-14)21-15-7-11(10-18)1-4-19-15/h1,4,7-9,12H,2-3,5-6H2,(H,19,20,21).